The number of aliphatic carboxylic acids is 1. The van der Waals surface area contributed by atoms with Crippen molar-refractivity contribution in [3.05, 3.63) is 29.8 Å². The predicted molar refractivity (Wildman–Crippen MR) is 106 cm³/mol. The maximum atomic E-state index is 12.4. The molecular formula is C23H29NO5. The van der Waals surface area contributed by atoms with E-state index < -0.39 is 24.0 Å². The lowest BCUT2D eigenvalue weighted by molar-refractivity contribution is -0.148. The normalized spacial score (nSPS) is 37.7. The van der Waals surface area contributed by atoms with Crippen LogP contribution < -0.4 is 4.74 Å². The molecule has 0 unspecified atom stereocenters. The summed E-state index contributed by atoms with van der Waals surface area (Å²) in [5.41, 5.74) is 1.74. The highest BCUT2D eigenvalue weighted by Gasteiger charge is 2.51. The second-order valence-electron chi connectivity index (χ2n) is 9.80. The van der Waals surface area contributed by atoms with Crippen LogP contribution in [0.2, 0.25) is 0 Å². The first-order valence-corrected chi connectivity index (χ1v) is 10.9. The van der Waals surface area contributed by atoms with E-state index in [2.05, 4.69) is 12.1 Å². The monoisotopic (exact) mass is 399 g/mol. The van der Waals surface area contributed by atoms with E-state index in [9.17, 15) is 19.8 Å². The third kappa shape index (κ3) is 3.41. The zero-order chi connectivity index (χ0) is 20.2. The summed E-state index contributed by atoms with van der Waals surface area (Å²) in [7, 11) is 0. The zero-order valence-electron chi connectivity index (χ0n) is 16.6. The summed E-state index contributed by atoms with van der Waals surface area (Å²) in [4.78, 5) is 24.9. The lowest BCUT2D eigenvalue weighted by atomic mass is 9.48. The van der Waals surface area contributed by atoms with Gasteiger partial charge in [0.1, 0.15) is 11.8 Å². The summed E-state index contributed by atoms with van der Waals surface area (Å²) in [5, 5.41) is 18.9. The molecular weight excluding hydrogens is 370 g/mol. The minimum Gasteiger partial charge on any atom is -0.484 e. The van der Waals surface area contributed by atoms with E-state index >= 15 is 0 Å². The number of aliphatic hydroxyl groups is 1. The molecule has 156 valence electrons. The van der Waals surface area contributed by atoms with Crippen molar-refractivity contribution in [2.75, 3.05) is 13.2 Å². The molecule has 6 heteroatoms. The van der Waals surface area contributed by atoms with E-state index in [-0.39, 0.29) is 19.6 Å². The van der Waals surface area contributed by atoms with Gasteiger partial charge in [0.05, 0.1) is 6.10 Å². The van der Waals surface area contributed by atoms with Gasteiger partial charge >= 0.3 is 5.97 Å². The molecule has 4 bridgehead atoms. The fourth-order valence-corrected chi connectivity index (χ4v) is 6.92. The van der Waals surface area contributed by atoms with Crippen LogP contribution >= 0.6 is 0 Å². The highest BCUT2D eigenvalue weighted by molar-refractivity contribution is 5.85. The average Bonchev–Trinajstić information content (AvgIpc) is 3.08. The lowest BCUT2D eigenvalue weighted by Gasteiger charge is -2.57. The van der Waals surface area contributed by atoms with Crippen molar-refractivity contribution < 1.29 is 24.5 Å². The molecule has 1 saturated heterocycles. The van der Waals surface area contributed by atoms with Crippen LogP contribution in [0.15, 0.2) is 24.3 Å². The fourth-order valence-electron chi connectivity index (χ4n) is 6.92. The van der Waals surface area contributed by atoms with Gasteiger partial charge in [-0.3, -0.25) is 4.79 Å². The predicted octanol–water partition coefficient (Wildman–Crippen LogP) is 2.58. The van der Waals surface area contributed by atoms with Gasteiger partial charge in [0.2, 0.25) is 0 Å². The number of hydrogen-bond acceptors (Lipinski definition) is 4. The summed E-state index contributed by atoms with van der Waals surface area (Å²) < 4.78 is 5.65. The molecule has 0 spiro atoms. The molecule has 6 rings (SSSR count). The molecule has 4 saturated carbocycles. The Hall–Kier alpha value is -2.08. The number of hydrogen-bond donors (Lipinski definition) is 2. The minimum atomic E-state index is -1.09. The number of β-amino-alcohol motifs (C(OH)–C–C–N with tert-alkyl or cyclic N) is 1. The van der Waals surface area contributed by atoms with Crippen LogP contribution in [-0.4, -0.2) is 52.3 Å². The smallest absolute Gasteiger partial charge is 0.326 e. The molecule has 0 radical (unpaired) electrons. The van der Waals surface area contributed by atoms with Crippen LogP contribution in [0.4, 0.5) is 0 Å². The van der Waals surface area contributed by atoms with Crippen LogP contribution in [0.5, 0.6) is 5.75 Å². The van der Waals surface area contributed by atoms with Crippen LogP contribution in [0.3, 0.4) is 0 Å². The highest BCUT2D eigenvalue weighted by atomic mass is 16.5. The van der Waals surface area contributed by atoms with E-state index in [0.29, 0.717) is 11.2 Å². The number of rotatable bonds is 5. The summed E-state index contributed by atoms with van der Waals surface area (Å²) >= 11 is 0. The first-order chi connectivity index (χ1) is 13.9. The number of benzene rings is 1. The van der Waals surface area contributed by atoms with Gasteiger partial charge in [0.25, 0.3) is 5.91 Å². The Morgan fingerprint density at radius 1 is 1.00 bits per heavy atom. The van der Waals surface area contributed by atoms with Crippen molar-refractivity contribution >= 4 is 11.9 Å². The topological polar surface area (TPSA) is 87.1 Å². The Morgan fingerprint density at radius 3 is 2.14 bits per heavy atom. The second-order valence-corrected chi connectivity index (χ2v) is 9.80. The van der Waals surface area contributed by atoms with Crippen molar-refractivity contribution in [3.8, 4) is 5.75 Å². The minimum absolute atomic E-state index is 0.0458. The Balaban J connectivity index is 1.23. The molecule has 5 fully saturated rings. The number of likely N-dealkylation sites (tertiary alicyclic amines) is 1. The van der Waals surface area contributed by atoms with E-state index in [1.165, 1.54) is 49.0 Å². The Kier molecular flexibility index (Phi) is 4.57. The van der Waals surface area contributed by atoms with Crippen LogP contribution in [-0.2, 0) is 15.0 Å². The first kappa shape index (κ1) is 18.9. The number of nitrogens with zero attached hydrogens (tertiary/aromatic N) is 1. The summed E-state index contributed by atoms with van der Waals surface area (Å²) in [5.74, 6) is 1.82. The van der Waals surface area contributed by atoms with E-state index in [0.717, 1.165) is 17.8 Å². The van der Waals surface area contributed by atoms with Gasteiger partial charge in [-0.2, -0.15) is 0 Å². The van der Waals surface area contributed by atoms with Crippen LogP contribution in [0.1, 0.15) is 50.5 Å². The second kappa shape index (κ2) is 7.01. The third-order valence-corrected chi connectivity index (χ3v) is 7.75. The SMILES string of the molecule is O=C(O)[C@H]1C[C@H](O)CN1C(=O)COc1ccc(C23CC4CC(CC(C4)C2)C3)cc1. The van der Waals surface area contributed by atoms with E-state index in [1.807, 2.05) is 12.1 Å². The van der Waals surface area contributed by atoms with Crippen molar-refractivity contribution in [2.24, 2.45) is 17.8 Å². The Labute approximate surface area is 170 Å². The van der Waals surface area contributed by atoms with Gasteiger partial charge in [0, 0.05) is 13.0 Å². The van der Waals surface area contributed by atoms with Crippen molar-refractivity contribution in [3.63, 3.8) is 0 Å². The quantitative estimate of drug-likeness (QED) is 0.795. The van der Waals surface area contributed by atoms with Crippen LogP contribution in [0.25, 0.3) is 0 Å². The number of amides is 1. The van der Waals surface area contributed by atoms with Gasteiger partial charge in [-0.1, -0.05) is 12.1 Å². The third-order valence-electron chi connectivity index (χ3n) is 7.75. The van der Waals surface area contributed by atoms with Crippen LogP contribution in [0, 0.1) is 17.8 Å². The molecule has 1 amide bonds. The molecule has 1 heterocycles. The molecule has 1 aromatic rings. The molecule has 6 nitrogen and oxygen atoms in total. The Morgan fingerprint density at radius 2 is 1.59 bits per heavy atom. The van der Waals surface area contributed by atoms with Gasteiger partial charge < -0.3 is 19.8 Å². The average molecular weight is 399 g/mol. The zero-order valence-corrected chi connectivity index (χ0v) is 16.6. The van der Waals surface area contributed by atoms with E-state index in [4.69, 9.17) is 4.74 Å². The van der Waals surface area contributed by atoms with Gasteiger partial charge in [-0.25, -0.2) is 4.79 Å². The molecule has 4 aliphatic carbocycles. The van der Waals surface area contributed by atoms with Crippen molar-refractivity contribution in [1.82, 2.24) is 4.90 Å². The molecule has 1 aliphatic heterocycles. The number of carboxylic acid groups (broad SMARTS) is 1. The summed E-state index contributed by atoms with van der Waals surface area (Å²) in [6.07, 6.45) is 7.48. The number of carbonyl (C=O) groups excluding carboxylic acids is 1. The van der Waals surface area contributed by atoms with E-state index in [1.54, 1.807) is 0 Å². The number of ether oxygens (including phenoxy) is 1. The lowest BCUT2D eigenvalue weighted by Crippen LogP contribution is -2.48. The molecule has 0 aromatic heterocycles. The standard InChI is InChI=1S/C23H29NO5/c25-18-8-20(22(27)28)24(12-18)21(26)13-29-19-3-1-17(2-4-19)23-9-14-5-15(10-23)7-16(6-14)11-23/h1-4,14-16,18,20,25H,5-13H2,(H,27,28)/t14?,15?,16?,18-,20+,23?/m0/s1. The number of aliphatic hydroxyl groups excluding tert-OH is 1. The molecule has 1 aromatic carbocycles. The van der Waals surface area contributed by atoms with Gasteiger partial charge in [-0.15, -0.1) is 0 Å². The molecule has 5 aliphatic rings. The fraction of sp³-hybridized carbons (Fsp3) is 0.652. The largest absolute Gasteiger partial charge is 0.484 e. The molecule has 2 atom stereocenters. The maximum absolute atomic E-state index is 12.4. The van der Waals surface area contributed by atoms with Crippen molar-refractivity contribution in [1.29, 1.82) is 0 Å². The molecule has 2 N–H and O–H groups in total. The van der Waals surface area contributed by atoms with Gasteiger partial charge in [0.15, 0.2) is 6.61 Å². The maximum Gasteiger partial charge on any atom is 0.326 e. The number of carbonyl (C=O) groups is 2. The summed E-state index contributed by atoms with van der Waals surface area (Å²) in [6.45, 7) is -0.169. The summed E-state index contributed by atoms with van der Waals surface area (Å²) in [6, 6.07) is 7.22. The Bertz CT molecular complexity index is 769. The molecule has 29 heavy (non-hydrogen) atoms. The van der Waals surface area contributed by atoms with Crippen molar-refractivity contribution in [2.45, 2.75) is 62.5 Å². The number of carboxylic acids is 1. The first-order valence-electron chi connectivity index (χ1n) is 10.9. The highest BCUT2D eigenvalue weighted by Crippen LogP contribution is 2.60. The van der Waals surface area contributed by atoms with Gasteiger partial charge in [-0.05, 0) is 79.4 Å².